The molecule has 0 spiro atoms. The molecule has 0 N–H and O–H groups in total. The Hall–Kier alpha value is -1.50. The number of allylic oxidation sites excluding steroid dienone is 4. The van der Waals surface area contributed by atoms with Crippen LogP contribution >= 0.6 is 0 Å². The fourth-order valence-electron chi connectivity index (χ4n) is 1.97. The smallest absolute Gasteiger partial charge is 0.119 e. The van der Waals surface area contributed by atoms with Gasteiger partial charge in [-0.25, -0.2) is 0 Å². The Labute approximate surface area is 97.4 Å². The number of rotatable bonds is 4. The second kappa shape index (κ2) is 5.55. The molecule has 0 unspecified atom stereocenters. The molecule has 1 aliphatic rings. The van der Waals surface area contributed by atoms with Crippen LogP contribution in [0.3, 0.4) is 0 Å². The van der Waals surface area contributed by atoms with Crippen molar-refractivity contribution < 1.29 is 4.74 Å². The van der Waals surface area contributed by atoms with E-state index in [1.54, 1.807) is 0 Å². The van der Waals surface area contributed by atoms with Crippen LogP contribution in [-0.2, 0) is 6.42 Å². The lowest BCUT2D eigenvalue weighted by Gasteiger charge is -2.13. The summed E-state index contributed by atoms with van der Waals surface area (Å²) in [6.45, 7) is 2.74. The van der Waals surface area contributed by atoms with E-state index in [4.69, 9.17) is 4.74 Å². The number of benzene rings is 1. The molecule has 0 saturated carbocycles. The van der Waals surface area contributed by atoms with Crippen molar-refractivity contribution in [2.45, 2.75) is 19.8 Å². The van der Waals surface area contributed by atoms with Gasteiger partial charge in [-0.05, 0) is 43.4 Å². The first kappa shape index (κ1) is 11.0. The van der Waals surface area contributed by atoms with Crippen LogP contribution in [0.5, 0.6) is 5.75 Å². The molecular formula is C15H18O. The van der Waals surface area contributed by atoms with Crippen molar-refractivity contribution in [1.29, 1.82) is 0 Å². The molecule has 1 aliphatic carbocycles. The van der Waals surface area contributed by atoms with Crippen molar-refractivity contribution >= 4 is 0 Å². The summed E-state index contributed by atoms with van der Waals surface area (Å²) in [5.74, 6) is 1.62. The molecule has 1 atom stereocenters. The molecular weight excluding hydrogens is 196 g/mol. The lowest BCUT2D eigenvalue weighted by molar-refractivity contribution is 0.340. The summed E-state index contributed by atoms with van der Waals surface area (Å²) < 4.78 is 5.43. The minimum atomic E-state index is 0.656. The highest BCUT2D eigenvalue weighted by molar-refractivity contribution is 5.28. The first-order valence-corrected chi connectivity index (χ1v) is 5.93. The van der Waals surface area contributed by atoms with Crippen molar-refractivity contribution in [1.82, 2.24) is 0 Å². The van der Waals surface area contributed by atoms with Gasteiger partial charge in [0.25, 0.3) is 0 Å². The van der Waals surface area contributed by atoms with Gasteiger partial charge in [-0.15, -0.1) is 0 Å². The first-order valence-electron chi connectivity index (χ1n) is 5.93. The molecule has 0 heterocycles. The van der Waals surface area contributed by atoms with E-state index in [2.05, 4.69) is 48.6 Å². The van der Waals surface area contributed by atoms with E-state index < -0.39 is 0 Å². The third-order valence-corrected chi connectivity index (χ3v) is 2.80. The Morgan fingerprint density at radius 2 is 2.00 bits per heavy atom. The zero-order valence-corrected chi connectivity index (χ0v) is 9.73. The molecule has 16 heavy (non-hydrogen) atoms. The Kier molecular flexibility index (Phi) is 3.81. The molecule has 0 amide bonds. The molecule has 1 aromatic carbocycles. The van der Waals surface area contributed by atoms with Gasteiger partial charge in [-0.2, -0.15) is 0 Å². The van der Waals surface area contributed by atoms with Gasteiger partial charge in [-0.3, -0.25) is 0 Å². The molecule has 1 aromatic rings. The van der Waals surface area contributed by atoms with E-state index >= 15 is 0 Å². The van der Waals surface area contributed by atoms with Gasteiger partial charge in [0.05, 0.1) is 6.61 Å². The second-order valence-electron chi connectivity index (χ2n) is 4.09. The number of ether oxygens (including phenoxy) is 1. The van der Waals surface area contributed by atoms with Gasteiger partial charge in [-0.1, -0.05) is 36.4 Å². The Morgan fingerprint density at radius 3 is 2.62 bits per heavy atom. The second-order valence-corrected chi connectivity index (χ2v) is 4.09. The van der Waals surface area contributed by atoms with Crippen LogP contribution < -0.4 is 4.74 Å². The van der Waals surface area contributed by atoms with Crippen molar-refractivity contribution in [3.63, 3.8) is 0 Å². The summed E-state index contributed by atoms with van der Waals surface area (Å²) in [6.07, 6.45) is 11.1. The van der Waals surface area contributed by atoms with Gasteiger partial charge in [0.2, 0.25) is 0 Å². The molecule has 1 heteroatoms. The molecule has 0 aliphatic heterocycles. The third kappa shape index (κ3) is 2.99. The van der Waals surface area contributed by atoms with Crippen LogP contribution in [0.15, 0.2) is 48.6 Å². The summed E-state index contributed by atoms with van der Waals surface area (Å²) in [6, 6.07) is 8.44. The van der Waals surface area contributed by atoms with E-state index in [0.717, 1.165) is 25.2 Å². The summed E-state index contributed by atoms with van der Waals surface area (Å²) in [5.41, 5.74) is 1.38. The minimum Gasteiger partial charge on any atom is -0.494 e. The topological polar surface area (TPSA) is 9.23 Å². The molecule has 0 aromatic heterocycles. The monoisotopic (exact) mass is 214 g/mol. The predicted molar refractivity (Wildman–Crippen MR) is 67.7 cm³/mol. The highest BCUT2D eigenvalue weighted by atomic mass is 16.5. The average molecular weight is 214 g/mol. The summed E-state index contributed by atoms with van der Waals surface area (Å²) in [7, 11) is 0. The molecule has 84 valence electrons. The summed E-state index contributed by atoms with van der Waals surface area (Å²) in [4.78, 5) is 0. The van der Waals surface area contributed by atoms with E-state index in [9.17, 15) is 0 Å². The van der Waals surface area contributed by atoms with Crippen molar-refractivity contribution in [3.8, 4) is 5.75 Å². The number of hydrogen-bond acceptors (Lipinski definition) is 1. The van der Waals surface area contributed by atoms with Gasteiger partial charge >= 0.3 is 0 Å². The van der Waals surface area contributed by atoms with E-state index in [1.165, 1.54) is 5.56 Å². The van der Waals surface area contributed by atoms with Crippen molar-refractivity contribution in [2.24, 2.45) is 5.92 Å². The Bertz CT molecular complexity index is 373. The van der Waals surface area contributed by atoms with Crippen LogP contribution in [0.1, 0.15) is 18.9 Å². The largest absolute Gasteiger partial charge is 0.494 e. The maximum atomic E-state index is 5.43. The fraction of sp³-hybridized carbons (Fsp3) is 0.333. The molecule has 0 fully saturated rings. The summed E-state index contributed by atoms with van der Waals surface area (Å²) in [5, 5.41) is 0. The molecule has 0 radical (unpaired) electrons. The maximum absolute atomic E-state index is 5.43. The average Bonchev–Trinajstić information content (AvgIpc) is 2.33. The van der Waals surface area contributed by atoms with Crippen molar-refractivity contribution in [3.05, 3.63) is 54.1 Å². The Morgan fingerprint density at radius 1 is 1.19 bits per heavy atom. The zero-order chi connectivity index (χ0) is 11.2. The number of hydrogen-bond donors (Lipinski definition) is 0. The van der Waals surface area contributed by atoms with Gasteiger partial charge in [0.15, 0.2) is 0 Å². The Balaban J connectivity index is 1.94. The van der Waals surface area contributed by atoms with Crippen LogP contribution in [0, 0.1) is 5.92 Å². The van der Waals surface area contributed by atoms with Crippen LogP contribution in [0.4, 0.5) is 0 Å². The van der Waals surface area contributed by atoms with Crippen LogP contribution in [0.2, 0.25) is 0 Å². The normalized spacial score (nSPS) is 18.7. The predicted octanol–water partition coefficient (Wildman–Crippen LogP) is 3.76. The molecule has 2 rings (SSSR count). The van der Waals surface area contributed by atoms with E-state index in [1.807, 2.05) is 6.92 Å². The highest BCUT2D eigenvalue weighted by Gasteiger charge is 2.06. The maximum Gasteiger partial charge on any atom is 0.119 e. The summed E-state index contributed by atoms with van der Waals surface area (Å²) >= 11 is 0. The zero-order valence-electron chi connectivity index (χ0n) is 9.73. The quantitative estimate of drug-likeness (QED) is 0.741. The molecule has 1 nitrogen and oxygen atoms in total. The fourth-order valence-corrected chi connectivity index (χ4v) is 1.97. The minimum absolute atomic E-state index is 0.656. The van der Waals surface area contributed by atoms with Crippen LogP contribution in [-0.4, -0.2) is 6.61 Å². The molecule has 0 bridgehead atoms. The highest BCUT2D eigenvalue weighted by Crippen LogP contribution is 2.19. The standard InChI is InChI=1S/C15H18O/c1-2-16-15-10-8-14(9-11-15)12-13-6-4-3-5-7-13/h3-6,8-11,13H,2,7,12H2,1H3/t13-/m1/s1. The lowest BCUT2D eigenvalue weighted by atomic mass is 9.93. The van der Waals surface area contributed by atoms with Crippen molar-refractivity contribution in [2.75, 3.05) is 6.61 Å². The lowest BCUT2D eigenvalue weighted by Crippen LogP contribution is -2.02. The SMILES string of the molecule is CCOc1ccc(C[C@@H]2C=CC=CC2)cc1. The third-order valence-electron chi connectivity index (χ3n) is 2.80. The van der Waals surface area contributed by atoms with Gasteiger partial charge in [0, 0.05) is 0 Å². The van der Waals surface area contributed by atoms with Gasteiger partial charge < -0.3 is 4.74 Å². The first-order chi connectivity index (χ1) is 7.88. The van der Waals surface area contributed by atoms with Gasteiger partial charge in [0.1, 0.15) is 5.75 Å². The molecule has 0 saturated heterocycles. The van der Waals surface area contributed by atoms with E-state index in [0.29, 0.717) is 5.92 Å². The van der Waals surface area contributed by atoms with Crippen LogP contribution in [0.25, 0.3) is 0 Å². The van der Waals surface area contributed by atoms with E-state index in [-0.39, 0.29) is 0 Å².